The summed E-state index contributed by atoms with van der Waals surface area (Å²) in [5.74, 6) is 0.828. The molecule has 0 saturated heterocycles. The quantitative estimate of drug-likeness (QED) is 0.166. The number of thiophene rings is 1. The second-order valence-electron chi connectivity index (χ2n) is 14.9. The van der Waals surface area contributed by atoms with Crippen LogP contribution < -0.4 is 0 Å². The lowest BCUT2D eigenvalue weighted by Crippen LogP contribution is -2.04. The van der Waals surface area contributed by atoms with E-state index in [1.54, 1.807) is 0 Å². The molecule has 0 saturated carbocycles. The Hall–Kier alpha value is -7.14. The number of fused-ring (bicyclic) bond motifs is 18. The molecule has 0 aliphatic carbocycles. The second-order valence-corrected chi connectivity index (χ2v) is 15.9. The second kappa shape index (κ2) is 11.2. The van der Waals surface area contributed by atoms with Crippen LogP contribution in [0.2, 0.25) is 0 Å². The van der Waals surface area contributed by atoms with E-state index in [1.807, 2.05) is 11.3 Å². The van der Waals surface area contributed by atoms with E-state index in [0.29, 0.717) is 0 Å². The van der Waals surface area contributed by atoms with E-state index < -0.39 is 0 Å². The molecular formula is C52H29N3S. The normalized spacial score (nSPS) is 12.3. The maximum absolute atomic E-state index is 5.67. The molecule has 4 heteroatoms. The van der Waals surface area contributed by atoms with E-state index in [0.717, 1.165) is 49.9 Å². The van der Waals surface area contributed by atoms with E-state index in [1.165, 1.54) is 74.0 Å². The first-order valence-electron chi connectivity index (χ1n) is 19.1. The molecule has 0 bridgehead atoms. The summed E-state index contributed by atoms with van der Waals surface area (Å²) < 4.78 is 4.95. The Morgan fingerprint density at radius 1 is 0.393 bits per heavy atom. The number of rotatable bonds is 2. The summed E-state index contributed by atoms with van der Waals surface area (Å²) in [4.78, 5) is 11.3. The van der Waals surface area contributed by atoms with Crippen molar-refractivity contribution in [1.82, 2.24) is 14.5 Å². The molecule has 3 heterocycles. The van der Waals surface area contributed by atoms with Gasteiger partial charge in [-0.2, -0.15) is 0 Å². The maximum Gasteiger partial charge on any atom is 0.165 e. The van der Waals surface area contributed by atoms with Gasteiger partial charge < -0.3 is 0 Å². The number of hydrogen-bond acceptors (Lipinski definition) is 3. The van der Waals surface area contributed by atoms with Gasteiger partial charge in [0.2, 0.25) is 0 Å². The number of aromatic nitrogens is 3. The highest BCUT2D eigenvalue weighted by molar-refractivity contribution is 7.25. The average Bonchev–Trinajstić information content (AvgIpc) is 3.81. The number of nitrogens with zero attached hydrogens (tertiary/aromatic N) is 3. The molecule has 0 aliphatic heterocycles. The first kappa shape index (κ1) is 30.2. The molecule has 13 aromatic rings. The van der Waals surface area contributed by atoms with Crippen LogP contribution in [0.25, 0.3) is 124 Å². The molecule has 0 aliphatic rings. The molecular weight excluding hydrogens is 699 g/mol. The molecule has 0 radical (unpaired) electrons. The Kier molecular flexibility index (Phi) is 6.04. The van der Waals surface area contributed by atoms with Gasteiger partial charge in [0.1, 0.15) is 5.69 Å². The fraction of sp³-hybridized carbons (Fsp3) is 0. The molecule has 0 spiro atoms. The van der Waals surface area contributed by atoms with Crippen molar-refractivity contribution in [1.29, 1.82) is 0 Å². The summed E-state index contributed by atoms with van der Waals surface area (Å²) in [6, 6.07) is 64.1. The Labute approximate surface area is 324 Å². The lowest BCUT2D eigenvalue weighted by molar-refractivity contribution is 1.09. The summed E-state index contributed by atoms with van der Waals surface area (Å²) in [6.07, 6.45) is 0. The molecule has 10 aromatic carbocycles. The third kappa shape index (κ3) is 4.06. The van der Waals surface area contributed by atoms with E-state index in [9.17, 15) is 0 Å². The minimum atomic E-state index is 0.828. The van der Waals surface area contributed by atoms with Gasteiger partial charge >= 0.3 is 0 Å². The van der Waals surface area contributed by atoms with Crippen molar-refractivity contribution in [3.05, 3.63) is 176 Å². The fourth-order valence-electron chi connectivity index (χ4n) is 9.48. The molecule has 3 aromatic heterocycles. The third-order valence-corrected chi connectivity index (χ3v) is 13.1. The zero-order chi connectivity index (χ0) is 36.5. The van der Waals surface area contributed by atoms with Crippen molar-refractivity contribution < 1.29 is 0 Å². The summed E-state index contributed by atoms with van der Waals surface area (Å²) >= 11 is 1.84. The van der Waals surface area contributed by atoms with E-state index in [2.05, 4.69) is 180 Å². The Bertz CT molecular complexity index is 3800. The smallest absolute Gasteiger partial charge is 0.165 e. The highest BCUT2D eigenvalue weighted by Gasteiger charge is 2.24. The van der Waals surface area contributed by atoms with Crippen LogP contribution in [0, 0.1) is 0 Å². The van der Waals surface area contributed by atoms with Crippen molar-refractivity contribution in [2.45, 2.75) is 0 Å². The molecule has 0 atom stereocenters. The van der Waals surface area contributed by atoms with Gasteiger partial charge in [0.25, 0.3) is 0 Å². The van der Waals surface area contributed by atoms with Gasteiger partial charge in [0, 0.05) is 52.7 Å². The van der Waals surface area contributed by atoms with Gasteiger partial charge in [-0.3, -0.25) is 4.57 Å². The molecule has 3 nitrogen and oxygen atoms in total. The van der Waals surface area contributed by atoms with E-state index in [4.69, 9.17) is 9.97 Å². The molecule has 56 heavy (non-hydrogen) atoms. The zero-order valence-electron chi connectivity index (χ0n) is 30.0. The highest BCUT2D eigenvalue weighted by atomic mass is 32.1. The topological polar surface area (TPSA) is 30.7 Å². The predicted molar refractivity (Wildman–Crippen MR) is 240 cm³/mol. The Morgan fingerprint density at radius 2 is 0.964 bits per heavy atom. The monoisotopic (exact) mass is 727 g/mol. The summed E-state index contributed by atoms with van der Waals surface area (Å²) in [5, 5.41) is 17.2. The minimum Gasteiger partial charge on any atom is -0.291 e. The fourth-order valence-corrected chi connectivity index (χ4v) is 10.6. The van der Waals surface area contributed by atoms with Crippen molar-refractivity contribution in [2.24, 2.45) is 0 Å². The van der Waals surface area contributed by atoms with Crippen LogP contribution in [-0.2, 0) is 0 Å². The standard InChI is InChI=1S/C52H29N3S/c1-3-13-33-30(11-1)23-27-43-50(33)54-49(32-22-24-39-38-18-9-10-20-45(38)56-46(39)29-32)52(53-43)55-44-28-26-41-37-17-6-5-15-35(37)36-16-7-8-19-40(36)47(41)48(44)42-25-21-31-12-2-4-14-34(31)51(42)55/h1-29H. The van der Waals surface area contributed by atoms with Crippen LogP contribution in [0.5, 0.6) is 0 Å². The van der Waals surface area contributed by atoms with E-state index >= 15 is 0 Å². The van der Waals surface area contributed by atoms with Gasteiger partial charge in [0.15, 0.2) is 5.82 Å². The molecule has 258 valence electrons. The van der Waals surface area contributed by atoms with Crippen LogP contribution >= 0.6 is 11.3 Å². The van der Waals surface area contributed by atoms with Gasteiger partial charge in [-0.15, -0.1) is 11.3 Å². The molecule has 0 fully saturated rings. The Balaban J connectivity index is 1.24. The Morgan fingerprint density at radius 3 is 1.77 bits per heavy atom. The largest absolute Gasteiger partial charge is 0.291 e. The zero-order valence-corrected chi connectivity index (χ0v) is 30.8. The van der Waals surface area contributed by atoms with Crippen molar-refractivity contribution >= 4 is 118 Å². The first-order chi connectivity index (χ1) is 27.8. The van der Waals surface area contributed by atoms with Crippen molar-refractivity contribution in [2.75, 3.05) is 0 Å². The molecule has 0 amide bonds. The van der Waals surface area contributed by atoms with Crippen molar-refractivity contribution in [3.63, 3.8) is 0 Å². The average molecular weight is 728 g/mol. The van der Waals surface area contributed by atoms with Gasteiger partial charge in [-0.1, -0.05) is 152 Å². The lowest BCUT2D eigenvalue weighted by atomic mass is 9.91. The third-order valence-electron chi connectivity index (χ3n) is 11.9. The van der Waals surface area contributed by atoms with Gasteiger partial charge in [0.05, 0.1) is 22.1 Å². The van der Waals surface area contributed by atoms with Crippen LogP contribution in [0.15, 0.2) is 176 Å². The molecule has 0 N–H and O–H groups in total. The minimum absolute atomic E-state index is 0.828. The summed E-state index contributed by atoms with van der Waals surface area (Å²) in [6.45, 7) is 0. The summed E-state index contributed by atoms with van der Waals surface area (Å²) in [5.41, 5.74) is 5.95. The van der Waals surface area contributed by atoms with Crippen LogP contribution in [0.4, 0.5) is 0 Å². The van der Waals surface area contributed by atoms with Gasteiger partial charge in [-0.25, -0.2) is 9.97 Å². The predicted octanol–water partition coefficient (Wildman–Crippen LogP) is 14.5. The van der Waals surface area contributed by atoms with Crippen LogP contribution in [0.3, 0.4) is 0 Å². The number of hydrogen-bond donors (Lipinski definition) is 0. The van der Waals surface area contributed by atoms with E-state index in [-0.39, 0.29) is 0 Å². The van der Waals surface area contributed by atoms with Crippen LogP contribution in [-0.4, -0.2) is 14.5 Å². The maximum atomic E-state index is 5.67. The molecule has 0 unspecified atom stereocenters. The summed E-state index contributed by atoms with van der Waals surface area (Å²) in [7, 11) is 0. The first-order valence-corrected chi connectivity index (χ1v) is 19.9. The van der Waals surface area contributed by atoms with Crippen molar-refractivity contribution in [3.8, 4) is 17.1 Å². The van der Waals surface area contributed by atoms with Crippen LogP contribution in [0.1, 0.15) is 0 Å². The SMILES string of the molecule is c1ccc2c(c1)ccc1nc(-n3c4ccc5c6ccccc6c6ccccc6c5c4c4ccc5ccccc5c43)c(-c3ccc4c(c3)sc3ccccc34)nc12. The highest BCUT2D eigenvalue weighted by Crippen LogP contribution is 2.46. The van der Waals surface area contributed by atoms with Gasteiger partial charge in [-0.05, 0) is 62.0 Å². The number of benzene rings is 10. The molecule has 13 rings (SSSR count). The lowest BCUT2D eigenvalue weighted by Gasteiger charge is -2.16.